The maximum atomic E-state index is 4.84. The van der Waals surface area contributed by atoms with Crippen molar-refractivity contribution >= 4 is 23.1 Å². The number of hydrogen-bond acceptors (Lipinski definition) is 4. The zero-order chi connectivity index (χ0) is 13.1. The number of aromatic nitrogens is 1. The Kier molecular flexibility index (Phi) is 4.21. The first-order valence-corrected chi connectivity index (χ1v) is 8.78. The first kappa shape index (κ1) is 13.2. The molecule has 2 aromatic rings. The van der Waals surface area contributed by atoms with E-state index in [1.807, 2.05) is 11.3 Å². The molecule has 0 unspecified atom stereocenters. The van der Waals surface area contributed by atoms with Gasteiger partial charge in [0, 0.05) is 21.8 Å². The molecule has 0 radical (unpaired) electrons. The van der Waals surface area contributed by atoms with E-state index in [4.69, 9.17) is 4.98 Å². The minimum absolute atomic E-state index is 0.658. The fourth-order valence-electron chi connectivity index (χ4n) is 2.44. The first-order valence-electron chi connectivity index (χ1n) is 6.67. The van der Waals surface area contributed by atoms with E-state index in [1.54, 1.807) is 11.8 Å². The maximum Gasteiger partial charge on any atom is 0.0964 e. The molecule has 4 heteroatoms. The van der Waals surface area contributed by atoms with Crippen molar-refractivity contribution in [2.45, 2.75) is 23.7 Å². The normalized spacial score (nSPS) is 16.7. The third-order valence-electron chi connectivity index (χ3n) is 3.60. The van der Waals surface area contributed by atoms with E-state index in [2.05, 4.69) is 41.2 Å². The predicted molar refractivity (Wildman–Crippen MR) is 84.2 cm³/mol. The zero-order valence-electron chi connectivity index (χ0n) is 11.1. The Labute approximate surface area is 122 Å². The lowest BCUT2D eigenvalue weighted by Gasteiger charge is -2.20. The quantitative estimate of drug-likeness (QED) is 0.865. The zero-order valence-corrected chi connectivity index (χ0v) is 12.7. The van der Waals surface area contributed by atoms with E-state index in [1.165, 1.54) is 28.3 Å². The molecule has 0 bridgehead atoms. The van der Waals surface area contributed by atoms with E-state index in [-0.39, 0.29) is 0 Å². The van der Waals surface area contributed by atoms with Gasteiger partial charge in [0.1, 0.15) is 0 Å². The summed E-state index contributed by atoms with van der Waals surface area (Å²) < 4.78 is 0. The second-order valence-corrected chi connectivity index (χ2v) is 6.59. The van der Waals surface area contributed by atoms with Crippen LogP contribution in [0.4, 0.5) is 0 Å². The molecule has 100 valence electrons. The average Bonchev–Trinajstić information content (AvgIpc) is 2.98. The van der Waals surface area contributed by atoms with Crippen molar-refractivity contribution < 1.29 is 0 Å². The molecule has 1 aromatic heterocycles. The molecular formula is C15H18N2S2. The van der Waals surface area contributed by atoms with Crippen molar-refractivity contribution in [3.8, 4) is 11.3 Å². The monoisotopic (exact) mass is 290 g/mol. The fraction of sp³-hybridized carbons (Fsp3) is 0.400. The van der Waals surface area contributed by atoms with E-state index in [9.17, 15) is 0 Å². The van der Waals surface area contributed by atoms with Gasteiger partial charge in [-0.25, -0.2) is 4.98 Å². The molecule has 19 heavy (non-hydrogen) atoms. The molecule has 0 spiro atoms. The van der Waals surface area contributed by atoms with Crippen LogP contribution in [0.25, 0.3) is 11.3 Å². The molecule has 1 aliphatic heterocycles. The van der Waals surface area contributed by atoms with E-state index < -0.39 is 0 Å². The lowest BCUT2D eigenvalue weighted by molar-refractivity contribution is 0.459. The number of hydrogen-bond donors (Lipinski definition) is 1. The predicted octanol–water partition coefficient (Wildman–Crippen LogP) is 4.00. The number of piperidine rings is 1. The van der Waals surface area contributed by atoms with Gasteiger partial charge in [-0.3, -0.25) is 0 Å². The van der Waals surface area contributed by atoms with Crippen molar-refractivity contribution in [3.63, 3.8) is 0 Å². The summed E-state index contributed by atoms with van der Waals surface area (Å²) in [5.41, 5.74) is 2.36. The molecule has 0 atom stereocenters. The summed E-state index contributed by atoms with van der Waals surface area (Å²) in [6.07, 6.45) is 4.55. The Morgan fingerprint density at radius 1 is 1.21 bits per heavy atom. The van der Waals surface area contributed by atoms with Crippen molar-refractivity contribution in [2.75, 3.05) is 19.3 Å². The van der Waals surface area contributed by atoms with Crippen molar-refractivity contribution in [1.29, 1.82) is 0 Å². The van der Waals surface area contributed by atoms with Crippen LogP contribution in [0.1, 0.15) is 23.8 Å². The van der Waals surface area contributed by atoms with Crippen LogP contribution >= 0.6 is 23.1 Å². The number of benzene rings is 1. The van der Waals surface area contributed by atoms with Crippen LogP contribution in [0, 0.1) is 0 Å². The number of thioether (sulfide) groups is 1. The minimum Gasteiger partial charge on any atom is -0.317 e. The Hall–Kier alpha value is -0.840. The smallest absolute Gasteiger partial charge is 0.0964 e. The lowest BCUT2D eigenvalue weighted by Crippen LogP contribution is -2.26. The fourth-order valence-corrected chi connectivity index (χ4v) is 3.85. The van der Waals surface area contributed by atoms with Crippen molar-refractivity contribution in [1.82, 2.24) is 10.3 Å². The van der Waals surface area contributed by atoms with Crippen LogP contribution < -0.4 is 5.32 Å². The molecule has 0 aliphatic carbocycles. The molecule has 0 amide bonds. The summed E-state index contributed by atoms with van der Waals surface area (Å²) in [6, 6.07) is 8.69. The van der Waals surface area contributed by atoms with Gasteiger partial charge in [0.05, 0.1) is 10.7 Å². The third-order valence-corrected chi connectivity index (χ3v) is 5.35. The second-order valence-electron chi connectivity index (χ2n) is 4.82. The molecule has 1 N–H and O–H groups in total. The van der Waals surface area contributed by atoms with Gasteiger partial charge >= 0.3 is 0 Å². The van der Waals surface area contributed by atoms with Crippen LogP contribution in [0.3, 0.4) is 0 Å². The van der Waals surface area contributed by atoms with Crippen LogP contribution in [0.5, 0.6) is 0 Å². The summed E-state index contributed by atoms with van der Waals surface area (Å²) >= 11 is 3.59. The highest BCUT2D eigenvalue weighted by molar-refractivity contribution is 7.98. The summed E-state index contributed by atoms with van der Waals surface area (Å²) in [4.78, 5) is 6.15. The lowest BCUT2D eigenvalue weighted by atomic mass is 9.99. The summed E-state index contributed by atoms with van der Waals surface area (Å²) in [5, 5.41) is 6.92. The molecule has 2 heterocycles. The molecule has 1 aromatic carbocycles. The van der Waals surface area contributed by atoms with Gasteiger partial charge in [-0.2, -0.15) is 0 Å². The van der Waals surface area contributed by atoms with Crippen molar-refractivity contribution in [2.24, 2.45) is 0 Å². The minimum atomic E-state index is 0.658. The highest BCUT2D eigenvalue weighted by Crippen LogP contribution is 2.31. The SMILES string of the molecule is CSc1ccc(-c2csc(C3CCNCC3)n2)cc1. The van der Waals surface area contributed by atoms with Crippen LogP contribution in [0.15, 0.2) is 34.5 Å². The van der Waals surface area contributed by atoms with Gasteiger partial charge in [-0.15, -0.1) is 23.1 Å². The van der Waals surface area contributed by atoms with Crippen LogP contribution in [0.2, 0.25) is 0 Å². The summed E-state index contributed by atoms with van der Waals surface area (Å²) in [5.74, 6) is 0.658. The molecule has 2 nitrogen and oxygen atoms in total. The molecule has 3 rings (SSSR count). The third kappa shape index (κ3) is 3.02. The Bertz CT molecular complexity index is 527. The average molecular weight is 290 g/mol. The van der Waals surface area contributed by atoms with Crippen LogP contribution in [-0.4, -0.2) is 24.3 Å². The number of nitrogens with zero attached hydrogens (tertiary/aromatic N) is 1. The second kappa shape index (κ2) is 6.07. The van der Waals surface area contributed by atoms with Gasteiger partial charge in [0.15, 0.2) is 0 Å². The van der Waals surface area contributed by atoms with E-state index in [0.29, 0.717) is 5.92 Å². The Morgan fingerprint density at radius 2 is 1.95 bits per heavy atom. The number of rotatable bonds is 3. The number of nitrogens with one attached hydrogen (secondary N) is 1. The topological polar surface area (TPSA) is 24.9 Å². The highest BCUT2D eigenvalue weighted by Gasteiger charge is 2.18. The molecule has 0 saturated carbocycles. The van der Waals surface area contributed by atoms with E-state index >= 15 is 0 Å². The Balaban J connectivity index is 1.79. The van der Waals surface area contributed by atoms with Gasteiger partial charge in [0.25, 0.3) is 0 Å². The molecule has 1 saturated heterocycles. The van der Waals surface area contributed by atoms with Crippen molar-refractivity contribution in [3.05, 3.63) is 34.7 Å². The summed E-state index contributed by atoms with van der Waals surface area (Å²) in [6.45, 7) is 2.25. The van der Waals surface area contributed by atoms with Gasteiger partial charge in [-0.05, 0) is 44.3 Å². The molecule has 1 aliphatic rings. The van der Waals surface area contributed by atoms with Gasteiger partial charge in [-0.1, -0.05) is 12.1 Å². The summed E-state index contributed by atoms with van der Waals surface area (Å²) in [7, 11) is 0. The molecular weight excluding hydrogens is 272 g/mol. The highest BCUT2D eigenvalue weighted by atomic mass is 32.2. The number of thiazole rings is 1. The standard InChI is InChI=1S/C15H18N2S2/c1-18-13-4-2-11(3-5-13)14-10-19-15(17-14)12-6-8-16-9-7-12/h2-5,10,12,16H,6-9H2,1H3. The van der Waals surface area contributed by atoms with E-state index in [0.717, 1.165) is 18.8 Å². The molecule has 1 fully saturated rings. The van der Waals surface area contributed by atoms with Gasteiger partial charge in [0.2, 0.25) is 0 Å². The van der Waals surface area contributed by atoms with Gasteiger partial charge < -0.3 is 5.32 Å². The van der Waals surface area contributed by atoms with Crippen LogP contribution in [-0.2, 0) is 0 Å². The maximum absolute atomic E-state index is 4.84. The largest absolute Gasteiger partial charge is 0.317 e. The first-order chi connectivity index (χ1) is 9.36. The Morgan fingerprint density at radius 3 is 2.63 bits per heavy atom.